The maximum atomic E-state index is 7.43. The fourth-order valence-corrected chi connectivity index (χ4v) is 8.98. The van der Waals surface area contributed by atoms with Gasteiger partial charge >= 0.3 is 0 Å². The van der Waals surface area contributed by atoms with Crippen molar-refractivity contribution in [3.8, 4) is 0 Å². The fourth-order valence-electron chi connectivity index (χ4n) is 4.85. The van der Waals surface area contributed by atoms with Gasteiger partial charge in [-0.2, -0.15) is 0 Å². The Morgan fingerprint density at radius 3 is 1.53 bits per heavy atom. The lowest BCUT2D eigenvalue weighted by Crippen LogP contribution is -2.69. The third-order valence-corrected chi connectivity index (χ3v) is 10.3. The van der Waals surface area contributed by atoms with Gasteiger partial charge in [0, 0.05) is 0 Å². The van der Waals surface area contributed by atoms with Gasteiger partial charge in [-0.1, -0.05) is 122 Å². The molecule has 2 atom stereocenters. The second kappa shape index (κ2) is 8.06. The molecule has 0 bridgehead atoms. The molecule has 1 aliphatic carbocycles. The summed E-state index contributed by atoms with van der Waals surface area (Å²) in [7, 11) is -2.70. The Kier molecular flexibility index (Phi) is 5.12. The molecule has 30 heavy (non-hydrogen) atoms. The molecule has 0 amide bonds. The van der Waals surface area contributed by atoms with Gasteiger partial charge in [0.1, 0.15) is 0 Å². The van der Waals surface area contributed by atoms with Crippen molar-refractivity contribution in [3.63, 3.8) is 0 Å². The first-order valence-corrected chi connectivity index (χ1v) is 12.6. The molecule has 1 nitrogen and oxygen atoms in total. The highest BCUT2D eigenvalue weighted by Crippen LogP contribution is 2.40. The molecule has 5 rings (SSSR count). The van der Waals surface area contributed by atoms with Gasteiger partial charge in [0.05, 0.1) is 6.10 Å². The summed E-state index contributed by atoms with van der Waals surface area (Å²) >= 11 is 0. The molecule has 0 heterocycles. The average Bonchev–Trinajstić information content (AvgIpc) is 3.14. The van der Waals surface area contributed by atoms with Crippen LogP contribution in [0.5, 0.6) is 0 Å². The highest BCUT2D eigenvalue weighted by Gasteiger charge is 2.46. The monoisotopic (exact) mass is 406 g/mol. The third-order valence-electron chi connectivity index (χ3n) is 6.27. The molecule has 0 unspecified atom stereocenters. The minimum absolute atomic E-state index is 0.0912. The number of hydrogen-bond acceptors (Lipinski definition) is 1. The van der Waals surface area contributed by atoms with Crippen LogP contribution in [0.25, 0.3) is 0 Å². The zero-order chi connectivity index (χ0) is 20.4. The van der Waals surface area contributed by atoms with Crippen LogP contribution >= 0.6 is 0 Å². The topological polar surface area (TPSA) is 9.23 Å². The van der Waals surface area contributed by atoms with E-state index in [2.05, 4.69) is 122 Å². The van der Waals surface area contributed by atoms with Crippen LogP contribution in [0.1, 0.15) is 24.2 Å². The van der Waals surface area contributed by atoms with Crippen LogP contribution in [-0.2, 0) is 10.8 Å². The molecule has 4 aromatic carbocycles. The van der Waals surface area contributed by atoms with E-state index in [0.29, 0.717) is 5.92 Å². The number of rotatable bonds is 5. The van der Waals surface area contributed by atoms with E-state index in [1.54, 1.807) is 0 Å². The first-order chi connectivity index (χ1) is 14.8. The predicted molar refractivity (Wildman–Crippen MR) is 127 cm³/mol. The highest BCUT2D eigenvalue weighted by atomic mass is 28.4. The predicted octanol–water partition coefficient (Wildman–Crippen LogP) is 4.60. The average molecular weight is 407 g/mol. The molecule has 0 saturated heterocycles. The van der Waals surface area contributed by atoms with Gasteiger partial charge in [-0.3, -0.25) is 0 Å². The summed E-state index contributed by atoms with van der Waals surface area (Å²) in [5, 5.41) is 3.87. The summed E-state index contributed by atoms with van der Waals surface area (Å²) in [6, 6.07) is 41.4. The maximum absolute atomic E-state index is 7.43. The van der Waals surface area contributed by atoms with Crippen LogP contribution in [0.2, 0.25) is 0 Å². The summed E-state index contributed by atoms with van der Waals surface area (Å²) in [4.78, 5) is 0. The van der Waals surface area contributed by atoms with Crippen molar-refractivity contribution >= 4 is 23.9 Å². The largest absolute Gasteiger partial charge is 0.397 e. The van der Waals surface area contributed by atoms with Crippen molar-refractivity contribution in [2.45, 2.75) is 19.4 Å². The molecule has 0 aromatic heterocycles. The summed E-state index contributed by atoms with van der Waals surface area (Å²) in [5.41, 5.74) is 2.77. The first-order valence-electron chi connectivity index (χ1n) is 10.7. The highest BCUT2D eigenvalue weighted by molar-refractivity contribution is 7.07. The molecule has 0 spiro atoms. The molecule has 1 aliphatic rings. The molecular weight excluding hydrogens is 380 g/mol. The van der Waals surface area contributed by atoms with Crippen LogP contribution in [0.3, 0.4) is 0 Å². The van der Waals surface area contributed by atoms with Crippen molar-refractivity contribution < 1.29 is 4.43 Å². The van der Waals surface area contributed by atoms with E-state index in [-0.39, 0.29) is 6.10 Å². The van der Waals surface area contributed by atoms with Crippen molar-refractivity contribution in [3.05, 3.63) is 126 Å². The van der Waals surface area contributed by atoms with E-state index < -0.39 is 8.32 Å². The zero-order valence-corrected chi connectivity index (χ0v) is 18.2. The quantitative estimate of drug-likeness (QED) is 0.348. The van der Waals surface area contributed by atoms with Gasteiger partial charge in [0.25, 0.3) is 8.32 Å². The lowest BCUT2D eigenvalue weighted by Gasteiger charge is -2.37. The van der Waals surface area contributed by atoms with Crippen LogP contribution in [-0.4, -0.2) is 8.32 Å². The van der Waals surface area contributed by atoms with Gasteiger partial charge < -0.3 is 4.43 Å². The minimum atomic E-state index is -2.70. The molecule has 4 aromatic rings. The van der Waals surface area contributed by atoms with Gasteiger partial charge in [0.2, 0.25) is 0 Å². The lowest BCUT2D eigenvalue weighted by atomic mass is 10.1. The first kappa shape index (κ1) is 19.0. The van der Waals surface area contributed by atoms with E-state index in [4.69, 9.17) is 4.43 Å². The third kappa shape index (κ3) is 3.22. The van der Waals surface area contributed by atoms with Crippen LogP contribution in [0.4, 0.5) is 0 Å². The number of fused-ring (bicyclic) bond motifs is 1. The fraction of sp³-hybridized carbons (Fsp3) is 0.143. The van der Waals surface area contributed by atoms with Gasteiger partial charge in [0.15, 0.2) is 0 Å². The Morgan fingerprint density at radius 2 is 1.03 bits per heavy atom. The summed E-state index contributed by atoms with van der Waals surface area (Å²) in [5.74, 6) is 0.449. The van der Waals surface area contributed by atoms with E-state index in [1.165, 1.54) is 26.7 Å². The molecular formula is C28H26OSi. The Balaban J connectivity index is 1.75. The van der Waals surface area contributed by atoms with Crippen LogP contribution < -0.4 is 15.6 Å². The van der Waals surface area contributed by atoms with E-state index in [1.807, 2.05) is 0 Å². The molecule has 0 aliphatic heterocycles. The Hall–Kier alpha value is -2.94. The second-order valence-corrected chi connectivity index (χ2v) is 11.5. The van der Waals surface area contributed by atoms with Crippen LogP contribution in [0, 0.1) is 5.92 Å². The van der Waals surface area contributed by atoms with E-state index in [9.17, 15) is 0 Å². The summed E-state index contributed by atoms with van der Waals surface area (Å²) in [6.45, 7) is 2.32. The van der Waals surface area contributed by atoms with Crippen molar-refractivity contribution in [2.24, 2.45) is 5.92 Å². The number of benzene rings is 4. The van der Waals surface area contributed by atoms with Crippen LogP contribution in [0.15, 0.2) is 115 Å². The van der Waals surface area contributed by atoms with Crippen molar-refractivity contribution in [1.82, 2.24) is 0 Å². The Bertz CT molecular complexity index is 1010. The van der Waals surface area contributed by atoms with E-state index >= 15 is 0 Å². The van der Waals surface area contributed by atoms with Gasteiger partial charge in [-0.25, -0.2) is 0 Å². The Morgan fingerprint density at radius 1 is 0.600 bits per heavy atom. The molecule has 0 radical (unpaired) electrons. The normalized spacial score (nSPS) is 18.2. The zero-order valence-electron chi connectivity index (χ0n) is 17.2. The molecule has 0 N–H and O–H groups in total. The molecule has 2 heteroatoms. The lowest BCUT2D eigenvalue weighted by molar-refractivity contribution is 0.159. The molecule has 0 fully saturated rings. The smallest absolute Gasteiger partial charge is 0.288 e. The summed E-state index contributed by atoms with van der Waals surface area (Å²) < 4.78 is 7.43. The maximum Gasteiger partial charge on any atom is 0.288 e. The van der Waals surface area contributed by atoms with Gasteiger partial charge in [-0.05, 0) is 39.0 Å². The van der Waals surface area contributed by atoms with Gasteiger partial charge in [-0.15, -0.1) is 0 Å². The Labute approximate surface area is 180 Å². The summed E-state index contributed by atoms with van der Waals surface area (Å²) in [6.07, 6.45) is 1.16. The minimum Gasteiger partial charge on any atom is -0.397 e. The molecule has 148 valence electrons. The standard InChI is InChI=1S/C28H26OSi/c1-22-21-23-13-11-12-20-27(23)28(22)29-30(24-14-5-2-6-15-24,25-16-7-3-8-17-25)26-18-9-4-10-19-26/h2-20,22,28H,21H2,1H3/t22-,28-/m0/s1. The SMILES string of the molecule is C[C@H]1Cc2ccccc2[C@H]1O[Si](c1ccccc1)(c1ccccc1)c1ccccc1. The van der Waals surface area contributed by atoms with Crippen molar-refractivity contribution in [1.29, 1.82) is 0 Å². The second-order valence-electron chi connectivity index (χ2n) is 8.20. The number of hydrogen-bond donors (Lipinski definition) is 0. The van der Waals surface area contributed by atoms with Crippen molar-refractivity contribution in [2.75, 3.05) is 0 Å². The van der Waals surface area contributed by atoms with E-state index in [0.717, 1.165) is 6.42 Å². The molecule has 0 saturated carbocycles.